The molecule has 1 spiro atoms. The van der Waals surface area contributed by atoms with Gasteiger partial charge in [0.05, 0.1) is 44.9 Å². The van der Waals surface area contributed by atoms with Crippen LogP contribution in [0.3, 0.4) is 0 Å². The molecule has 2 saturated heterocycles. The second-order valence-corrected chi connectivity index (χ2v) is 10.7. The summed E-state index contributed by atoms with van der Waals surface area (Å²) in [5.41, 5.74) is -0.0314. The van der Waals surface area contributed by atoms with Crippen molar-refractivity contribution in [3.8, 4) is 11.5 Å². The number of rotatable bonds is 6. The van der Waals surface area contributed by atoms with Gasteiger partial charge in [-0.2, -0.15) is 0 Å². The minimum Gasteiger partial charge on any atom is -0.495 e. The third-order valence-corrected chi connectivity index (χ3v) is 7.24. The Balaban J connectivity index is 1.66. The van der Waals surface area contributed by atoms with E-state index < -0.39 is 27.8 Å². The summed E-state index contributed by atoms with van der Waals surface area (Å²) in [5, 5.41) is 14.7. The van der Waals surface area contributed by atoms with E-state index in [2.05, 4.69) is 10.0 Å². The van der Waals surface area contributed by atoms with Gasteiger partial charge in [0.25, 0.3) is 0 Å². The van der Waals surface area contributed by atoms with E-state index in [4.69, 9.17) is 14.2 Å². The molecule has 0 aliphatic carbocycles. The van der Waals surface area contributed by atoms with Crippen LogP contribution in [0.25, 0.3) is 0 Å². The van der Waals surface area contributed by atoms with E-state index in [1.54, 1.807) is 12.1 Å². The zero-order valence-electron chi connectivity index (χ0n) is 19.1. The number of aliphatic hydroxyl groups is 1. The molecule has 0 bridgehead atoms. The number of methoxy groups -OCH3 is 1. The van der Waals surface area contributed by atoms with Crippen LogP contribution in [0.2, 0.25) is 0 Å². The molecule has 2 unspecified atom stereocenters. The minimum absolute atomic E-state index is 0.00158. The van der Waals surface area contributed by atoms with Crippen molar-refractivity contribution in [2.75, 3.05) is 50.9 Å². The van der Waals surface area contributed by atoms with Gasteiger partial charge in [-0.1, -0.05) is 0 Å². The van der Waals surface area contributed by atoms with E-state index in [1.165, 1.54) is 7.11 Å². The summed E-state index contributed by atoms with van der Waals surface area (Å²) in [6, 6.07) is 2.64. The minimum atomic E-state index is -3.55. The number of carbonyl (C=O) groups excluding carboxylic acids is 1. The largest absolute Gasteiger partial charge is 0.495 e. The Morgan fingerprint density at radius 3 is 2.58 bits per heavy atom. The van der Waals surface area contributed by atoms with Crippen LogP contribution in [0.1, 0.15) is 43.7 Å². The average Bonchev–Trinajstić information content (AvgIpc) is 2.79. The SMILES string of the molecule is COc1cc2c(cc1NS(C)(=O)=O)OC1(CCOCC1)C(O)C2NCC(=O)N1CCCCC1. The number of amides is 1. The summed E-state index contributed by atoms with van der Waals surface area (Å²) >= 11 is 0. The van der Waals surface area contributed by atoms with Crippen LogP contribution in [0.15, 0.2) is 12.1 Å². The highest BCUT2D eigenvalue weighted by molar-refractivity contribution is 7.92. The highest BCUT2D eigenvalue weighted by Gasteiger charge is 2.50. The van der Waals surface area contributed by atoms with Gasteiger partial charge in [-0.3, -0.25) is 14.8 Å². The molecule has 10 nitrogen and oxygen atoms in total. The average molecular weight is 484 g/mol. The number of nitrogens with zero attached hydrogens (tertiary/aromatic N) is 1. The van der Waals surface area contributed by atoms with Gasteiger partial charge in [-0.15, -0.1) is 0 Å². The number of hydrogen-bond acceptors (Lipinski definition) is 8. The van der Waals surface area contributed by atoms with E-state index in [0.29, 0.717) is 43.1 Å². The van der Waals surface area contributed by atoms with Crippen LogP contribution in [0.5, 0.6) is 11.5 Å². The molecule has 3 heterocycles. The maximum atomic E-state index is 12.8. The Hall–Kier alpha value is -2.08. The first-order chi connectivity index (χ1) is 15.7. The van der Waals surface area contributed by atoms with E-state index >= 15 is 0 Å². The molecule has 1 amide bonds. The molecule has 0 saturated carbocycles. The van der Waals surface area contributed by atoms with Crippen LogP contribution in [-0.4, -0.2) is 82.3 Å². The number of likely N-dealkylation sites (tertiary alicyclic amines) is 1. The zero-order valence-corrected chi connectivity index (χ0v) is 19.9. The number of sulfonamides is 1. The fourth-order valence-electron chi connectivity index (χ4n) is 4.90. The number of anilines is 1. The number of nitrogens with one attached hydrogen (secondary N) is 2. The maximum Gasteiger partial charge on any atom is 0.236 e. The van der Waals surface area contributed by atoms with E-state index in [-0.39, 0.29) is 18.1 Å². The third-order valence-electron chi connectivity index (χ3n) is 6.65. The predicted molar refractivity (Wildman–Crippen MR) is 122 cm³/mol. The van der Waals surface area contributed by atoms with Crippen molar-refractivity contribution < 1.29 is 32.5 Å². The first kappa shape index (κ1) is 24.1. The molecule has 3 N–H and O–H groups in total. The van der Waals surface area contributed by atoms with Crippen molar-refractivity contribution in [3.63, 3.8) is 0 Å². The van der Waals surface area contributed by atoms with Gasteiger partial charge >= 0.3 is 0 Å². The number of aliphatic hydroxyl groups excluding tert-OH is 1. The topological polar surface area (TPSA) is 126 Å². The lowest BCUT2D eigenvalue weighted by molar-refractivity contribution is -0.141. The van der Waals surface area contributed by atoms with Gasteiger partial charge in [-0.25, -0.2) is 8.42 Å². The van der Waals surface area contributed by atoms with Crippen LogP contribution in [0, 0.1) is 0 Å². The lowest BCUT2D eigenvalue weighted by atomic mass is 9.79. The van der Waals surface area contributed by atoms with Crippen LogP contribution < -0.4 is 19.5 Å². The lowest BCUT2D eigenvalue weighted by Gasteiger charge is -2.48. The first-order valence-corrected chi connectivity index (χ1v) is 13.3. The summed E-state index contributed by atoms with van der Waals surface area (Å²) < 4.78 is 43.4. The van der Waals surface area contributed by atoms with Gasteiger partial charge in [0.15, 0.2) is 0 Å². The molecule has 33 heavy (non-hydrogen) atoms. The fourth-order valence-corrected chi connectivity index (χ4v) is 5.46. The highest BCUT2D eigenvalue weighted by Crippen LogP contribution is 2.47. The van der Waals surface area contributed by atoms with Crippen molar-refractivity contribution >= 4 is 21.6 Å². The Morgan fingerprint density at radius 1 is 1.24 bits per heavy atom. The van der Waals surface area contributed by atoms with Gasteiger partial charge in [-0.05, 0) is 25.3 Å². The molecule has 2 fully saturated rings. The van der Waals surface area contributed by atoms with Crippen molar-refractivity contribution in [1.29, 1.82) is 0 Å². The smallest absolute Gasteiger partial charge is 0.236 e. The fraction of sp³-hybridized carbons (Fsp3) is 0.682. The monoisotopic (exact) mass is 483 g/mol. The summed E-state index contributed by atoms with van der Waals surface area (Å²) in [6.07, 6.45) is 4.24. The molecule has 0 aromatic heterocycles. The van der Waals surface area contributed by atoms with Crippen molar-refractivity contribution in [2.24, 2.45) is 0 Å². The van der Waals surface area contributed by atoms with Gasteiger partial charge in [0.2, 0.25) is 15.9 Å². The third kappa shape index (κ3) is 5.21. The molecule has 3 aliphatic rings. The Kier molecular flexibility index (Phi) is 7.04. The summed E-state index contributed by atoms with van der Waals surface area (Å²) in [6.45, 7) is 2.47. The molecule has 4 rings (SSSR count). The summed E-state index contributed by atoms with van der Waals surface area (Å²) in [7, 11) is -2.11. The van der Waals surface area contributed by atoms with Gasteiger partial charge in [0.1, 0.15) is 23.2 Å². The molecule has 2 atom stereocenters. The maximum absolute atomic E-state index is 12.8. The van der Waals surface area contributed by atoms with Crippen molar-refractivity contribution in [1.82, 2.24) is 10.2 Å². The number of hydrogen-bond donors (Lipinski definition) is 3. The second-order valence-electron chi connectivity index (χ2n) is 8.99. The van der Waals surface area contributed by atoms with Crippen LogP contribution in [-0.2, 0) is 19.6 Å². The molecule has 11 heteroatoms. The molecule has 0 radical (unpaired) electrons. The summed E-state index contributed by atoms with van der Waals surface area (Å²) in [4.78, 5) is 14.6. The molecule has 3 aliphatic heterocycles. The lowest BCUT2D eigenvalue weighted by Crippen LogP contribution is -2.59. The zero-order chi connectivity index (χ0) is 23.6. The Bertz CT molecular complexity index is 972. The number of piperidine rings is 1. The van der Waals surface area contributed by atoms with E-state index in [1.807, 2.05) is 4.90 Å². The molecule has 1 aromatic carbocycles. The molecular formula is C22H33N3O7S. The predicted octanol–water partition coefficient (Wildman–Crippen LogP) is 1.01. The number of ether oxygens (including phenoxy) is 3. The summed E-state index contributed by atoms with van der Waals surface area (Å²) in [5.74, 6) is 0.738. The Morgan fingerprint density at radius 2 is 1.94 bits per heavy atom. The van der Waals surface area contributed by atoms with Crippen LogP contribution >= 0.6 is 0 Å². The Labute approximate surface area is 194 Å². The van der Waals surface area contributed by atoms with Gasteiger partial charge < -0.3 is 24.2 Å². The molecule has 184 valence electrons. The van der Waals surface area contributed by atoms with Crippen LogP contribution in [0.4, 0.5) is 5.69 Å². The highest BCUT2D eigenvalue weighted by atomic mass is 32.2. The molecule has 1 aromatic rings. The standard InChI is InChI=1S/C22H33N3O7S/c1-30-18-12-15-17(13-16(18)24-33(2,28)29)32-22(6-10-31-11-7-22)21(27)20(15)23-14-19(26)25-8-4-3-5-9-25/h12-13,20-21,23-24,27H,3-11,14H2,1-2H3. The van der Waals surface area contributed by atoms with E-state index in [0.717, 1.165) is 38.6 Å². The normalized spacial score (nSPS) is 24.6. The number of carbonyl (C=O) groups is 1. The number of fused-ring (bicyclic) bond motifs is 1. The van der Waals surface area contributed by atoms with E-state index in [9.17, 15) is 18.3 Å². The molecular weight excluding hydrogens is 450 g/mol. The second kappa shape index (κ2) is 9.65. The van der Waals surface area contributed by atoms with Crippen molar-refractivity contribution in [3.05, 3.63) is 17.7 Å². The first-order valence-electron chi connectivity index (χ1n) is 11.4. The number of benzene rings is 1. The van der Waals surface area contributed by atoms with Gasteiger partial charge in [0, 0.05) is 37.6 Å². The van der Waals surface area contributed by atoms with Crippen molar-refractivity contribution in [2.45, 2.75) is 49.9 Å². The quantitative estimate of drug-likeness (QED) is 0.547.